The van der Waals surface area contributed by atoms with Crippen molar-refractivity contribution in [3.05, 3.63) is 12.2 Å². The number of esters is 1. The van der Waals surface area contributed by atoms with Crippen LogP contribution in [0, 0.1) is 5.92 Å². The minimum Gasteiger partial charge on any atom is -0.466 e. The van der Waals surface area contributed by atoms with Crippen molar-refractivity contribution in [3.63, 3.8) is 0 Å². The Morgan fingerprint density at radius 2 is 2.24 bits per heavy atom. The highest BCUT2D eigenvalue weighted by molar-refractivity contribution is 5.81. The van der Waals surface area contributed by atoms with Gasteiger partial charge in [-0.1, -0.05) is 12.2 Å². The van der Waals surface area contributed by atoms with Crippen LogP contribution in [0.15, 0.2) is 12.2 Å². The van der Waals surface area contributed by atoms with E-state index in [0.29, 0.717) is 32.4 Å². The van der Waals surface area contributed by atoms with Crippen molar-refractivity contribution in [2.24, 2.45) is 11.7 Å². The highest BCUT2D eigenvalue weighted by Gasteiger charge is 2.21. The van der Waals surface area contributed by atoms with Gasteiger partial charge in [-0.15, -0.1) is 0 Å². The van der Waals surface area contributed by atoms with E-state index in [4.69, 9.17) is 10.5 Å². The predicted molar refractivity (Wildman–Crippen MR) is 64.1 cm³/mol. The predicted octanol–water partition coefficient (Wildman–Crippen LogP) is 0.349. The molecular weight excluding hydrogens is 220 g/mol. The van der Waals surface area contributed by atoms with Gasteiger partial charge in [0.1, 0.15) is 0 Å². The molecule has 1 aliphatic carbocycles. The highest BCUT2D eigenvalue weighted by atomic mass is 16.5. The van der Waals surface area contributed by atoms with Crippen molar-refractivity contribution in [3.8, 4) is 0 Å². The molecule has 2 unspecified atom stereocenters. The second-order valence-corrected chi connectivity index (χ2v) is 4.09. The van der Waals surface area contributed by atoms with Gasteiger partial charge in [-0.2, -0.15) is 0 Å². The first-order chi connectivity index (χ1) is 8.13. The van der Waals surface area contributed by atoms with Crippen LogP contribution >= 0.6 is 0 Å². The number of amides is 1. The van der Waals surface area contributed by atoms with Gasteiger partial charge in [-0.3, -0.25) is 9.59 Å². The first-order valence-corrected chi connectivity index (χ1v) is 6.00. The molecule has 96 valence electrons. The summed E-state index contributed by atoms with van der Waals surface area (Å²) in [5.74, 6) is -0.352. The number of nitrogens with two attached hydrogens (primary N) is 1. The summed E-state index contributed by atoms with van der Waals surface area (Å²) in [5.41, 5.74) is 5.66. The lowest BCUT2D eigenvalue weighted by molar-refractivity contribution is -0.143. The smallest absolute Gasteiger partial charge is 0.305 e. The largest absolute Gasteiger partial charge is 0.466 e. The quantitative estimate of drug-likeness (QED) is 0.399. The summed E-state index contributed by atoms with van der Waals surface area (Å²) < 4.78 is 4.78. The molecule has 0 aliphatic heterocycles. The topological polar surface area (TPSA) is 81.4 Å². The van der Waals surface area contributed by atoms with Crippen LogP contribution < -0.4 is 11.1 Å². The van der Waals surface area contributed by atoms with Crippen LogP contribution in [0.3, 0.4) is 0 Å². The van der Waals surface area contributed by atoms with Crippen LogP contribution in [0.5, 0.6) is 0 Å². The molecule has 0 spiro atoms. The van der Waals surface area contributed by atoms with Crippen LogP contribution in [0.4, 0.5) is 0 Å². The standard InChI is InChI=1S/C12H20N2O3/c1-2-17-11(15)4-3-7-14-12(16)9-5-6-10(13)8-9/h5-6,9-10H,2-4,7-8,13H2,1H3,(H,14,16). The van der Waals surface area contributed by atoms with Gasteiger partial charge in [0.2, 0.25) is 5.91 Å². The van der Waals surface area contributed by atoms with Gasteiger partial charge >= 0.3 is 5.97 Å². The average Bonchev–Trinajstić information content (AvgIpc) is 2.71. The molecule has 1 amide bonds. The lowest BCUT2D eigenvalue weighted by Gasteiger charge is -2.10. The summed E-state index contributed by atoms with van der Waals surface area (Å²) in [6, 6.07) is -0.00900. The van der Waals surface area contributed by atoms with E-state index in [2.05, 4.69) is 5.32 Å². The van der Waals surface area contributed by atoms with Gasteiger partial charge in [-0.05, 0) is 19.8 Å². The lowest BCUT2D eigenvalue weighted by Crippen LogP contribution is -2.31. The van der Waals surface area contributed by atoms with E-state index < -0.39 is 0 Å². The number of hydrogen-bond acceptors (Lipinski definition) is 4. The number of hydrogen-bond donors (Lipinski definition) is 2. The van der Waals surface area contributed by atoms with Crippen molar-refractivity contribution in [2.45, 2.75) is 32.2 Å². The molecule has 0 radical (unpaired) electrons. The van der Waals surface area contributed by atoms with E-state index in [0.717, 1.165) is 0 Å². The third-order valence-corrected chi connectivity index (χ3v) is 2.62. The zero-order chi connectivity index (χ0) is 12.7. The normalized spacial score (nSPS) is 22.5. The van der Waals surface area contributed by atoms with Crippen LogP contribution in [-0.2, 0) is 14.3 Å². The SMILES string of the molecule is CCOC(=O)CCCNC(=O)C1C=CC(N)C1. The molecule has 0 aromatic rings. The second-order valence-electron chi connectivity index (χ2n) is 4.09. The van der Waals surface area contributed by atoms with E-state index in [-0.39, 0.29) is 23.8 Å². The molecule has 1 aliphatic rings. The number of carbonyl (C=O) groups excluding carboxylic acids is 2. The Bertz CT molecular complexity index is 302. The molecule has 3 N–H and O–H groups in total. The van der Waals surface area contributed by atoms with E-state index in [1.54, 1.807) is 6.92 Å². The Hall–Kier alpha value is -1.36. The molecule has 0 aromatic heterocycles. The van der Waals surface area contributed by atoms with Gasteiger partial charge in [0.05, 0.1) is 12.5 Å². The van der Waals surface area contributed by atoms with E-state index in [1.807, 2.05) is 12.2 Å². The van der Waals surface area contributed by atoms with Crippen molar-refractivity contribution >= 4 is 11.9 Å². The van der Waals surface area contributed by atoms with E-state index in [1.165, 1.54) is 0 Å². The monoisotopic (exact) mass is 240 g/mol. The highest BCUT2D eigenvalue weighted by Crippen LogP contribution is 2.16. The number of rotatable bonds is 6. The van der Waals surface area contributed by atoms with Crippen molar-refractivity contribution in [1.29, 1.82) is 0 Å². The zero-order valence-corrected chi connectivity index (χ0v) is 10.1. The molecular formula is C12H20N2O3. The van der Waals surface area contributed by atoms with Crippen LogP contribution in [0.2, 0.25) is 0 Å². The molecule has 17 heavy (non-hydrogen) atoms. The van der Waals surface area contributed by atoms with Crippen molar-refractivity contribution < 1.29 is 14.3 Å². The Labute approximate surface area is 101 Å². The summed E-state index contributed by atoms with van der Waals surface area (Å²) in [4.78, 5) is 22.7. The second kappa shape index (κ2) is 7.06. The van der Waals surface area contributed by atoms with Crippen molar-refractivity contribution in [2.75, 3.05) is 13.2 Å². The molecule has 0 heterocycles. The third kappa shape index (κ3) is 4.99. The maximum atomic E-state index is 11.6. The number of carbonyl (C=O) groups is 2. The van der Waals surface area contributed by atoms with Crippen LogP contribution in [0.1, 0.15) is 26.2 Å². The molecule has 0 bridgehead atoms. The van der Waals surface area contributed by atoms with Gasteiger partial charge in [0.15, 0.2) is 0 Å². The summed E-state index contributed by atoms with van der Waals surface area (Å²) in [7, 11) is 0. The number of nitrogens with one attached hydrogen (secondary N) is 1. The average molecular weight is 240 g/mol. The van der Waals surface area contributed by atoms with Gasteiger partial charge in [-0.25, -0.2) is 0 Å². The molecule has 0 aromatic carbocycles. The fraction of sp³-hybridized carbons (Fsp3) is 0.667. The van der Waals surface area contributed by atoms with Crippen LogP contribution in [-0.4, -0.2) is 31.1 Å². The summed E-state index contributed by atoms with van der Waals surface area (Å²) >= 11 is 0. The summed E-state index contributed by atoms with van der Waals surface area (Å²) in [6.45, 7) is 2.67. The maximum absolute atomic E-state index is 11.6. The summed E-state index contributed by atoms with van der Waals surface area (Å²) in [5, 5.41) is 2.79. The first-order valence-electron chi connectivity index (χ1n) is 6.00. The molecule has 5 nitrogen and oxygen atoms in total. The fourth-order valence-corrected chi connectivity index (χ4v) is 1.73. The Morgan fingerprint density at radius 3 is 2.82 bits per heavy atom. The molecule has 2 atom stereocenters. The third-order valence-electron chi connectivity index (χ3n) is 2.62. The Kier molecular flexibility index (Phi) is 5.69. The lowest BCUT2D eigenvalue weighted by atomic mass is 10.1. The molecule has 0 saturated carbocycles. The molecule has 0 saturated heterocycles. The Balaban J connectivity index is 2.09. The maximum Gasteiger partial charge on any atom is 0.305 e. The van der Waals surface area contributed by atoms with Gasteiger partial charge in [0.25, 0.3) is 0 Å². The minimum atomic E-state index is -0.218. The van der Waals surface area contributed by atoms with Crippen LogP contribution in [0.25, 0.3) is 0 Å². The molecule has 0 fully saturated rings. The van der Waals surface area contributed by atoms with Gasteiger partial charge < -0.3 is 15.8 Å². The fourth-order valence-electron chi connectivity index (χ4n) is 1.73. The van der Waals surface area contributed by atoms with E-state index in [9.17, 15) is 9.59 Å². The van der Waals surface area contributed by atoms with Gasteiger partial charge in [0, 0.05) is 19.0 Å². The van der Waals surface area contributed by atoms with E-state index >= 15 is 0 Å². The first kappa shape index (κ1) is 13.7. The Morgan fingerprint density at radius 1 is 1.47 bits per heavy atom. The molecule has 1 rings (SSSR count). The number of ether oxygens (including phenoxy) is 1. The molecule has 5 heteroatoms. The minimum absolute atomic E-state index is 0.00900. The summed E-state index contributed by atoms with van der Waals surface area (Å²) in [6.07, 6.45) is 5.30. The van der Waals surface area contributed by atoms with Crippen molar-refractivity contribution in [1.82, 2.24) is 5.32 Å². The zero-order valence-electron chi connectivity index (χ0n) is 10.1.